The molecule has 1 unspecified atom stereocenters. The van der Waals surface area contributed by atoms with Crippen LogP contribution in [0.15, 0.2) is 18.2 Å². The molecular formula is C13H20IN. The minimum atomic E-state index is 0.619. The van der Waals surface area contributed by atoms with Crippen LogP contribution in [-0.2, 0) is 0 Å². The Hall–Kier alpha value is -0.250. The van der Waals surface area contributed by atoms with Crippen LogP contribution in [-0.4, -0.2) is 6.04 Å². The largest absolute Gasteiger partial charge is 0.382 e. The molecule has 0 spiro atoms. The molecule has 0 saturated heterocycles. The van der Waals surface area contributed by atoms with Crippen molar-refractivity contribution in [2.45, 2.75) is 46.1 Å². The lowest BCUT2D eigenvalue weighted by Gasteiger charge is -2.18. The number of rotatable bonds is 5. The van der Waals surface area contributed by atoms with E-state index in [-0.39, 0.29) is 0 Å². The molecule has 0 amide bonds. The van der Waals surface area contributed by atoms with E-state index in [0.29, 0.717) is 6.04 Å². The molecule has 1 nitrogen and oxygen atoms in total. The van der Waals surface area contributed by atoms with E-state index >= 15 is 0 Å². The second kappa shape index (κ2) is 6.36. The third kappa shape index (κ3) is 4.01. The van der Waals surface area contributed by atoms with Crippen molar-refractivity contribution in [1.29, 1.82) is 0 Å². The van der Waals surface area contributed by atoms with Crippen molar-refractivity contribution in [2.24, 2.45) is 0 Å². The molecule has 0 bridgehead atoms. The van der Waals surface area contributed by atoms with Gasteiger partial charge in [-0.05, 0) is 60.1 Å². The Balaban J connectivity index is 2.66. The molecule has 2 heteroatoms. The molecule has 1 aromatic rings. The summed E-state index contributed by atoms with van der Waals surface area (Å²) in [6, 6.07) is 7.21. The van der Waals surface area contributed by atoms with Crippen molar-refractivity contribution in [3.8, 4) is 0 Å². The van der Waals surface area contributed by atoms with Gasteiger partial charge in [0, 0.05) is 15.3 Å². The van der Waals surface area contributed by atoms with E-state index in [0.717, 1.165) is 0 Å². The fourth-order valence-corrected chi connectivity index (χ4v) is 2.16. The first-order chi connectivity index (χ1) is 7.17. The fraction of sp³-hybridized carbons (Fsp3) is 0.538. The lowest BCUT2D eigenvalue weighted by Crippen LogP contribution is -2.17. The summed E-state index contributed by atoms with van der Waals surface area (Å²) in [5.74, 6) is 0. The zero-order valence-corrected chi connectivity index (χ0v) is 12.0. The average molecular weight is 317 g/mol. The highest BCUT2D eigenvalue weighted by Gasteiger charge is 2.05. The molecule has 0 fully saturated rings. The lowest BCUT2D eigenvalue weighted by atomic mass is 10.1. The summed E-state index contributed by atoms with van der Waals surface area (Å²) < 4.78 is 1.34. The highest BCUT2D eigenvalue weighted by Crippen LogP contribution is 2.19. The number of benzene rings is 1. The topological polar surface area (TPSA) is 12.0 Å². The third-order valence-corrected chi connectivity index (χ3v) is 3.83. The van der Waals surface area contributed by atoms with Gasteiger partial charge in [0.2, 0.25) is 0 Å². The number of halogens is 1. The Labute approximate surface area is 107 Å². The molecule has 0 aliphatic carbocycles. The number of aryl methyl sites for hydroxylation is 1. The van der Waals surface area contributed by atoms with Crippen molar-refractivity contribution in [3.63, 3.8) is 0 Å². The van der Waals surface area contributed by atoms with Gasteiger partial charge in [-0.1, -0.05) is 26.3 Å². The minimum Gasteiger partial charge on any atom is -0.382 e. The predicted molar refractivity (Wildman–Crippen MR) is 76.5 cm³/mol. The van der Waals surface area contributed by atoms with Gasteiger partial charge in [-0.25, -0.2) is 0 Å². The van der Waals surface area contributed by atoms with Crippen LogP contribution < -0.4 is 5.32 Å². The van der Waals surface area contributed by atoms with Gasteiger partial charge >= 0.3 is 0 Å². The molecule has 0 heterocycles. The van der Waals surface area contributed by atoms with Crippen molar-refractivity contribution in [1.82, 2.24) is 0 Å². The molecule has 0 aliphatic heterocycles. The van der Waals surface area contributed by atoms with Crippen LogP contribution in [0.3, 0.4) is 0 Å². The van der Waals surface area contributed by atoms with E-state index in [4.69, 9.17) is 0 Å². The number of hydrogen-bond acceptors (Lipinski definition) is 1. The van der Waals surface area contributed by atoms with Gasteiger partial charge < -0.3 is 5.32 Å². The van der Waals surface area contributed by atoms with Crippen LogP contribution in [0.2, 0.25) is 0 Å². The molecule has 1 rings (SSSR count). The number of hydrogen-bond donors (Lipinski definition) is 1. The molecule has 0 saturated carbocycles. The summed E-state index contributed by atoms with van der Waals surface area (Å²) in [5.41, 5.74) is 2.61. The number of nitrogens with one attached hydrogen (secondary N) is 1. The van der Waals surface area contributed by atoms with Crippen molar-refractivity contribution in [3.05, 3.63) is 27.3 Å². The van der Waals surface area contributed by atoms with Crippen LogP contribution in [0.4, 0.5) is 5.69 Å². The fourth-order valence-electron chi connectivity index (χ4n) is 1.65. The predicted octanol–water partition coefficient (Wildman–Crippen LogP) is 4.59. The Kier molecular flexibility index (Phi) is 5.43. The summed E-state index contributed by atoms with van der Waals surface area (Å²) in [4.78, 5) is 0. The van der Waals surface area contributed by atoms with Crippen LogP contribution in [0.1, 0.15) is 38.7 Å². The average Bonchev–Trinajstić information content (AvgIpc) is 2.23. The third-order valence-electron chi connectivity index (χ3n) is 2.67. The lowest BCUT2D eigenvalue weighted by molar-refractivity contribution is 0.623. The maximum Gasteiger partial charge on any atom is 0.0353 e. The Bertz CT molecular complexity index is 309. The van der Waals surface area contributed by atoms with E-state index in [1.807, 2.05) is 0 Å². The van der Waals surface area contributed by atoms with E-state index in [2.05, 4.69) is 66.9 Å². The Morgan fingerprint density at radius 1 is 1.33 bits per heavy atom. The highest BCUT2D eigenvalue weighted by atomic mass is 127. The van der Waals surface area contributed by atoms with Gasteiger partial charge in [-0.2, -0.15) is 0 Å². The Morgan fingerprint density at radius 3 is 2.60 bits per heavy atom. The second-order valence-corrected chi connectivity index (χ2v) is 5.16. The van der Waals surface area contributed by atoms with Gasteiger partial charge in [0.05, 0.1) is 0 Å². The monoisotopic (exact) mass is 317 g/mol. The van der Waals surface area contributed by atoms with Crippen molar-refractivity contribution >= 4 is 28.3 Å². The van der Waals surface area contributed by atoms with Gasteiger partial charge in [0.1, 0.15) is 0 Å². The molecule has 0 aliphatic rings. The maximum absolute atomic E-state index is 3.59. The van der Waals surface area contributed by atoms with Crippen LogP contribution in [0.5, 0.6) is 0 Å². The summed E-state index contributed by atoms with van der Waals surface area (Å²) in [6.45, 7) is 6.63. The highest BCUT2D eigenvalue weighted by molar-refractivity contribution is 14.1. The minimum absolute atomic E-state index is 0.619. The second-order valence-electron chi connectivity index (χ2n) is 4.00. The van der Waals surface area contributed by atoms with Gasteiger partial charge in [-0.15, -0.1) is 0 Å². The van der Waals surface area contributed by atoms with Crippen LogP contribution in [0, 0.1) is 10.5 Å². The van der Waals surface area contributed by atoms with Gasteiger partial charge in [-0.3, -0.25) is 0 Å². The standard InChI is InChI=1S/C13H20IN/c1-4-6-11(5-2)15-12-8-7-10(3)13(14)9-12/h7-9,11,15H,4-6H2,1-3H3. The summed E-state index contributed by atoms with van der Waals surface area (Å²) in [5, 5.41) is 3.59. The normalized spacial score (nSPS) is 12.5. The summed E-state index contributed by atoms with van der Waals surface area (Å²) in [7, 11) is 0. The zero-order chi connectivity index (χ0) is 11.3. The molecule has 1 atom stereocenters. The molecule has 0 radical (unpaired) electrons. The molecule has 1 N–H and O–H groups in total. The van der Waals surface area contributed by atoms with E-state index < -0.39 is 0 Å². The molecule has 1 aromatic carbocycles. The molecular weight excluding hydrogens is 297 g/mol. The van der Waals surface area contributed by atoms with E-state index in [9.17, 15) is 0 Å². The van der Waals surface area contributed by atoms with Crippen molar-refractivity contribution in [2.75, 3.05) is 5.32 Å². The first-order valence-corrected chi connectivity index (χ1v) is 6.78. The van der Waals surface area contributed by atoms with E-state index in [1.165, 1.54) is 34.1 Å². The number of anilines is 1. The van der Waals surface area contributed by atoms with E-state index in [1.54, 1.807) is 0 Å². The molecule has 15 heavy (non-hydrogen) atoms. The summed E-state index contributed by atoms with van der Waals surface area (Å²) in [6.07, 6.45) is 3.69. The van der Waals surface area contributed by atoms with Crippen LogP contribution >= 0.6 is 22.6 Å². The summed E-state index contributed by atoms with van der Waals surface area (Å²) >= 11 is 2.39. The Morgan fingerprint density at radius 2 is 2.07 bits per heavy atom. The maximum atomic E-state index is 3.59. The first kappa shape index (κ1) is 12.8. The molecule has 84 valence electrons. The van der Waals surface area contributed by atoms with Crippen molar-refractivity contribution < 1.29 is 0 Å². The van der Waals surface area contributed by atoms with Gasteiger partial charge in [0.25, 0.3) is 0 Å². The zero-order valence-electron chi connectivity index (χ0n) is 9.81. The SMILES string of the molecule is CCCC(CC)Nc1ccc(C)c(I)c1. The smallest absolute Gasteiger partial charge is 0.0353 e. The van der Waals surface area contributed by atoms with Crippen LogP contribution in [0.25, 0.3) is 0 Å². The molecule has 0 aromatic heterocycles. The first-order valence-electron chi connectivity index (χ1n) is 5.70. The van der Waals surface area contributed by atoms with Gasteiger partial charge in [0.15, 0.2) is 0 Å². The quantitative estimate of drug-likeness (QED) is 0.783.